The summed E-state index contributed by atoms with van der Waals surface area (Å²) < 4.78 is 0. The zero-order valence-corrected chi connectivity index (χ0v) is 8.75. The van der Waals surface area contributed by atoms with Crippen molar-refractivity contribution in [2.45, 2.75) is 46.2 Å². The zero-order valence-electron chi connectivity index (χ0n) is 8.75. The van der Waals surface area contributed by atoms with Crippen molar-refractivity contribution < 1.29 is 0 Å². The zero-order chi connectivity index (χ0) is 8.88. The lowest BCUT2D eigenvalue weighted by molar-refractivity contribution is 0.387. The standard InChI is InChI=1S/C11H21N/c1-7(2)9-5-10(9)11-6-12(11)8(3)4/h7-11H,5-6H2,1-4H3. The Morgan fingerprint density at radius 2 is 1.83 bits per heavy atom. The molecule has 1 heterocycles. The summed E-state index contributed by atoms with van der Waals surface area (Å²) in [7, 11) is 0. The van der Waals surface area contributed by atoms with E-state index < -0.39 is 0 Å². The topological polar surface area (TPSA) is 3.01 Å². The fraction of sp³-hybridized carbons (Fsp3) is 1.00. The third-order valence-electron chi connectivity index (χ3n) is 3.60. The van der Waals surface area contributed by atoms with Crippen molar-refractivity contribution in [3.8, 4) is 0 Å². The van der Waals surface area contributed by atoms with Crippen molar-refractivity contribution in [3.05, 3.63) is 0 Å². The highest BCUT2D eigenvalue weighted by molar-refractivity contribution is 5.06. The largest absolute Gasteiger partial charge is 0.295 e. The molecule has 0 N–H and O–H groups in total. The molecule has 0 aromatic rings. The summed E-state index contributed by atoms with van der Waals surface area (Å²) in [5.41, 5.74) is 0. The Kier molecular flexibility index (Phi) is 1.95. The highest BCUT2D eigenvalue weighted by atomic mass is 15.3. The number of rotatable bonds is 3. The van der Waals surface area contributed by atoms with Crippen LogP contribution in [0, 0.1) is 17.8 Å². The molecule has 70 valence electrons. The molecule has 12 heavy (non-hydrogen) atoms. The van der Waals surface area contributed by atoms with Crippen LogP contribution in [0.4, 0.5) is 0 Å². The molecule has 0 radical (unpaired) electrons. The molecule has 1 saturated carbocycles. The Balaban J connectivity index is 1.78. The normalized spacial score (nSPS) is 45.5. The van der Waals surface area contributed by atoms with Crippen molar-refractivity contribution in [1.82, 2.24) is 4.90 Å². The van der Waals surface area contributed by atoms with Crippen LogP contribution >= 0.6 is 0 Å². The van der Waals surface area contributed by atoms with Crippen LogP contribution in [0.2, 0.25) is 0 Å². The van der Waals surface area contributed by atoms with Crippen LogP contribution in [0.5, 0.6) is 0 Å². The Morgan fingerprint density at radius 3 is 2.17 bits per heavy atom. The SMILES string of the molecule is CC(C)C1CC1C1CN1C(C)C. The van der Waals surface area contributed by atoms with Gasteiger partial charge in [0, 0.05) is 18.6 Å². The molecule has 1 aliphatic carbocycles. The molecule has 0 bridgehead atoms. The molecule has 2 rings (SSSR count). The van der Waals surface area contributed by atoms with Gasteiger partial charge >= 0.3 is 0 Å². The van der Waals surface area contributed by atoms with E-state index in [4.69, 9.17) is 0 Å². The molecule has 0 amide bonds. The van der Waals surface area contributed by atoms with E-state index in [1.165, 1.54) is 13.0 Å². The van der Waals surface area contributed by atoms with E-state index in [0.717, 1.165) is 29.8 Å². The summed E-state index contributed by atoms with van der Waals surface area (Å²) in [5, 5.41) is 0. The highest BCUT2D eigenvalue weighted by Crippen LogP contribution is 2.52. The van der Waals surface area contributed by atoms with E-state index in [-0.39, 0.29) is 0 Å². The lowest BCUT2D eigenvalue weighted by Gasteiger charge is -2.07. The molecule has 2 fully saturated rings. The second-order valence-corrected chi connectivity index (χ2v) is 5.17. The molecule has 0 aromatic carbocycles. The van der Waals surface area contributed by atoms with Gasteiger partial charge in [0.25, 0.3) is 0 Å². The van der Waals surface area contributed by atoms with Crippen molar-refractivity contribution >= 4 is 0 Å². The van der Waals surface area contributed by atoms with Gasteiger partial charge in [-0.1, -0.05) is 13.8 Å². The maximum Gasteiger partial charge on any atom is 0.0257 e. The molecular formula is C11H21N. The molecule has 1 heteroatoms. The quantitative estimate of drug-likeness (QED) is 0.583. The average Bonchev–Trinajstić information content (AvgIpc) is 2.82. The first-order chi connectivity index (χ1) is 5.61. The van der Waals surface area contributed by atoms with Gasteiger partial charge in [0.05, 0.1) is 0 Å². The second-order valence-electron chi connectivity index (χ2n) is 5.17. The molecule has 1 nitrogen and oxygen atoms in total. The van der Waals surface area contributed by atoms with E-state index in [0.29, 0.717) is 0 Å². The van der Waals surface area contributed by atoms with Crippen molar-refractivity contribution in [2.24, 2.45) is 17.8 Å². The minimum Gasteiger partial charge on any atom is -0.295 e. The third-order valence-corrected chi connectivity index (χ3v) is 3.60. The average molecular weight is 167 g/mol. The van der Waals surface area contributed by atoms with Crippen LogP contribution in [0.1, 0.15) is 34.1 Å². The number of hydrogen-bond acceptors (Lipinski definition) is 1. The summed E-state index contributed by atoms with van der Waals surface area (Å²) in [6, 6.07) is 1.75. The summed E-state index contributed by atoms with van der Waals surface area (Å²) in [4.78, 5) is 2.63. The third kappa shape index (κ3) is 1.39. The van der Waals surface area contributed by atoms with Crippen LogP contribution in [0.25, 0.3) is 0 Å². The maximum absolute atomic E-state index is 2.63. The summed E-state index contributed by atoms with van der Waals surface area (Å²) in [6.07, 6.45) is 1.51. The van der Waals surface area contributed by atoms with Gasteiger partial charge < -0.3 is 0 Å². The van der Waals surface area contributed by atoms with Gasteiger partial charge in [0.2, 0.25) is 0 Å². The highest BCUT2D eigenvalue weighted by Gasteiger charge is 2.53. The fourth-order valence-corrected chi connectivity index (χ4v) is 2.59. The van der Waals surface area contributed by atoms with E-state index >= 15 is 0 Å². The van der Waals surface area contributed by atoms with Gasteiger partial charge in [-0.15, -0.1) is 0 Å². The minimum absolute atomic E-state index is 0.781. The van der Waals surface area contributed by atoms with Gasteiger partial charge in [0.15, 0.2) is 0 Å². The first-order valence-electron chi connectivity index (χ1n) is 5.37. The lowest BCUT2D eigenvalue weighted by atomic mass is 10.1. The molecular weight excluding hydrogens is 146 g/mol. The molecule has 4 atom stereocenters. The van der Waals surface area contributed by atoms with E-state index in [2.05, 4.69) is 32.6 Å². The van der Waals surface area contributed by atoms with Crippen LogP contribution < -0.4 is 0 Å². The van der Waals surface area contributed by atoms with Crippen LogP contribution in [0.3, 0.4) is 0 Å². The Bertz CT molecular complexity index is 154. The van der Waals surface area contributed by atoms with Crippen LogP contribution in [-0.4, -0.2) is 23.5 Å². The predicted octanol–water partition coefficient (Wildman–Crippen LogP) is 2.37. The Morgan fingerprint density at radius 1 is 1.17 bits per heavy atom. The monoisotopic (exact) mass is 167 g/mol. The fourth-order valence-electron chi connectivity index (χ4n) is 2.59. The molecule has 1 saturated heterocycles. The Hall–Kier alpha value is -0.0400. The predicted molar refractivity (Wildman–Crippen MR) is 52.1 cm³/mol. The van der Waals surface area contributed by atoms with Gasteiger partial charge in [-0.25, -0.2) is 0 Å². The van der Waals surface area contributed by atoms with Gasteiger partial charge in [-0.3, -0.25) is 4.90 Å². The molecule has 2 aliphatic rings. The van der Waals surface area contributed by atoms with Crippen LogP contribution in [0.15, 0.2) is 0 Å². The van der Waals surface area contributed by atoms with E-state index in [1.54, 1.807) is 0 Å². The molecule has 0 spiro atoms. The van der Waals surface area contributed by atoms with Crippen molar-refractivity contribution in [2.75, 3.05) is 6.54 Å². The summed E-state index contributed by atoms with van der Waals surface area (Å²) in [6.45, 7) is 10.7. The minimum atomic E-state index is 0.781. The first kappa shape index (κ1) is 8.55. The van der Waals surface area contributed by atoms with Crippen molar-refractivity contribution in [3.63, 3.8) is 0 Å². The van der Waals surface area contributed by atoms with E-state index in [9.17, 15) is 0 Å². The molecule has 4 unspecified atom stereocenters. The number of nitrogens with zero attached hydrogens (tertiary/aromatic N) is 1. The first-order valence-corrected chi connectivity index (χ1v) is 5.37. The van der Waals surface area contributed by atoms with E-state index in [1.807, 2.05) is 0 Å². The number of hydrogen-bond donors (Lipinski definition) is 0. The lowest BCUT2D eigenvalue weighted by Crippen LogP contribution is -2.13. The van der Waals surface area contributed by atoms with Crippen LogP contribution in [-0.2, 0) is 0 Å². The summed E-state index contributed by atoms with van der Waals surface area (Å²) in [5.74, 6) is 3.04. The smallest absolute Gasteiger partial charge is 0.0257 e. The Labute approximate surface area is 76.1 Å². The maximum atomic E-state index is 2.63. The molecule has 0 aromatic heterocycles. The van der Waals surface area contributed by atoms with Crippen molar-refractivity contribution in [1.29, 1.82) is 0 Å². The van der Waals surface area contributed by atoms with Gasteiger partial charge in [0.1, 0.15) is 0 Å². The van der Waals surface area contributed by atoms with Gasteiger partial charge in [-0.2, -0.15) is 0 Å². The summed E-state index contributed by atoms with van der Waals surface area (Å²) >= 11 is 0. The van der Waals surface area contributed by atoms with Gasteiger partial charge in [-0.05, 0) is 38.0 Å². The molecule has 1 aliphatic heterocycles. The second kappa shape index (κ2) is 2.73.